The first kappa shape index (κ1) is 25.0. The molecule has 0 fully saturated rings. The van der Waals surface area contributed by atoms with Crippen molar-refractivity contribution in [3.05, 3.63) is 99.5 Å². The molecule has 4 rings (SSSR count). The summed E-state index contributed by atoms with van der Waals surface area (Å²) in [6, 6.07) is 17.7. The monoisotopic (exact) mass is 530 g/mol. The lowest BCUT2D eigenvalue weighted by Crippen LogP contribution is -2.28. The van der Waals surface area contributed by atoms with E-state index < -0.39 is 17.8 Å². The van der Waals surface area contributed by atoms with Crippen molar-refractivity contribution in [2.45, 2.75) is 23.9 Å². The number of hydrogen-bond acceptors (Lipinski definition) is 5. The Labute approximate surface area is 216 Å². The molecule has 1 amide bonds. The van der Waals surface area contributed by atoms with Crippen LogP contribution in [0.5, 0.6) is 5.75 Å². The lowest BCUT2D eigenvalue weighted by molar-refractivity contribution is 0.0937. The summed E-state index contributed by atoms with van der Waals surface area (Å²) in [6.07, 6.45) is 0. The number of nitrogens with one attached hydrogen (secondary N) is 1. The van der Waals surface area contributed by atoms with Crippen LogP contribution in [0.25, 0.3) is 5.69 Å². The Balaban J connectivity index is 1.66. The van der Waals surface area contributed by atoms with Gasteiger partial charge in [0.1, 0.15) is 11.6 Å². The van der Waals surface area contributed by atoms with Gasteiger partial charge in [-0.3, -0.25) is 9.36 Å². The molecule has 4 aromatic rings. The van der Waals surface area contributed by atoms with Crippen LogP contribution in [0.15, 0.2) is 71.9 Å². The third-order valence-corrected chi connectivity index (χ3v) is 6.69. The number of carbonyl (C=O) groups is 1. The smallest absolute Gasteiger partial charge is 0.251 e. The Hall–Kier alpha value is -3.07. The first-order valence-electron chi connectivity index (χ1n) is 10.6. The van der Waals surface area contributed by atoms with Crippen LogP contribution in [0.3, 0.4) is 0 Å². The Kier molecular flexibility index (Phi) is 7.95. The maximum absolute atomic E-state index is 13.6. The van der Waals surface area contributed by atoms with Crippen LogP contribution in [0.2, 0.25) is 10.0 Å². The lowest BCUT2D eigenvalue weighted by atomic mass is 10.2. The summed E-state index contributed by atoms with van der Waals surface area (Å²) in [7, 11) is 1.62. The number of ether oxygens (including phenoxy) is 1. The molecule has 1 N–H and O–H groups in total. The Morgan fingerprint density at radius 3 is 2.69 bits per heavy atom. The highest BCUT2D eigenvalue weighted by molar-refractivity contribution is 7.98. The Morgan fingerprint density at radius 2 is 1.91 bits per heavy atom. The van der Waals surface area contributed by atoms with E-state index in [-0.39, 0.29) is 5.56 Å². The van der Waals surface area contributed by atoms with Crippen molar-refractivity contribution >= 4 is 40.9 Å². The van der Waals surface area contributed by atoms with Gasteiger partial charge in [0, 0.05) is 16.3 Å². The zero-order chi connectivity index (χ0) is 24.9. The Morgan fingerprint density at radius 1 is 1.11 bits per heavy atom. The average Bonchev–Trinajstić information content (AvgIpc) is 3.28. The molecule has 0 spiro atoms. The number of halogens is 3. The van der Waals surface area contributed by atoms with E-state index in [1.807, 2.05) is 24.3 Å². The molecule has 1 aromatic heterocycles. The number of carbonyl (C=O) groups excluding carboxylic acids is 1. The molecule has 0 radical (unpaired) electrons. The number of methoxy groups -OCH3 is 1. The van der Waals surface area contributed by atoms with Crippen LogP contribution in [-0.4, -0.2) is 27.8 Å². The van der Waals surface area contributed by atoms with E-state index in [0.29, 0.717) is 32.5 Å². The average molecular weight is 531 g/mol. The quantitative estimate of drug-likeness (QED) is 0.263. The van der Waals surface area contributed by atoms with Gasteiger partial charge in [0.15, 0.2) is 11.0 Å². The van der Waals surface area contributed by atoms with Gasteiger partial charge >= 0.3 is 0 Å². The number of aromatic nitrogens is 3. The fraction of sp³-hybridized carbons (Fsp3) is 0.160. The highest BCUT2D eigenvalue weighted by Crippen LogP contribution is 2.33. The van der Waals surface area contributed by atoms with Gasteiger partial charge in [-0.25, -0.2) is 4.39 Å². The molecule has 35 heavy (non-hydrogen) atoms. The fourth-order valence-electron chi connectivity index (χ4n) is 3.42. The molecule has 0 aliphatic carbocycles. The van der Waals surface area contributed by atoms with Crippen molar-refractivity contribution in [3.8, 4) is 11.4 Å². The van der Waals surface area contributed by atoms with E-state index in [4.69, 9.17) is 27.9 Å². The normalized spacial score (nSPS) is 11.8. The van der Waals surface area contributed by atoms with Gasteiger partial charge in [-0.05, 0) is 61.0 Å². The van der Waals surface area contributed by atoms with Crippen LogP contribution in [-0.2, 0) is 5.75 Å². The van der Waals surface area contributed by atoms with Crippen molar-refractivity contribution in [2.24, 2.45) is 0 Å². The van der Waals surface area contributed by atoms with Crippen LogP contribution in [0.1, 0.15) is 34.7 Å². The zero-order valence-electron chi connectivity index (χ0n) is 18.8. The molecular weight excluding hydrogens is 510 g/mol. The van der Waals surface area contributed by atoms with Crippen LogP contribution in [0, 0.1) is 5.82 Å². The molecule has 1 unspecified atom stereocenters. The van der Waals surface area contributed by atoms with E-state index >= 15 is 0 Å². The van der Waals surface area contributed by atoms with E-state index in [0.717, 1.165) is 11.3 Å². The topological polar surface area (TPSA) is 69.0 Å². The first-order chi connectivity index (χ1) is 16.9. The summed E-state index contributed by atoms with van der Waals surface area (Å²) in [4.78, 5) is 12.7. The number of thioether (sulfide) groups is 1. The van der Waals surface area contributed by atoms with Gasteiger partial charge in [0.05, 0.1) is 23.9 Å². The summed E-state index contributed by atoms with van der Waals surface area (Å²) < 4.78 is 20.7. The van der Waals surface area contributed by atoms with Crippen molar-refractivity contribution < 1.29 is 13.9 Å². The minimum Gasteiger partial charge on any atom is -0.497 e. The molecule has 6 nitrogen and oxygen atoms in total. The first-order valence-corrected chi connectivity index (χ1v) is 12.3. The van der Waals surface area contributed by atoms with Gasteiger partial charge in [-0.15, -0.1) is 10.2 Å². The molecule has 180 valence electrons. The van der Waals surface area contributed by atoms with E-state index in [9.17, 15) is 9.18 Å². The van der Waals surface area contributed by atoms with Crippen molar-refractivity contribution in [1.82, 2.24) is 20.1 Å². The van der Waals surface area contributed by atoms with Gasteiger partial charge in [-0.2, -0.15) is 0 Å². The van der Waals surface area contributed by atoms with Gasteiger partial charge in [-0.1, -0.05) is 53.2 Å². The Bertz CT molecular complexity index is 1370. The van der Waals surface area contributed by atoms with Crippen molar-refractivity contribution in [2.75, 3.05) is 7.11 Å². The summed E-state index contributed by atoms with van der Waals surface area (Å²) in [6.45, 7) is 1.77. The maximum atomic E-state index is 13.6. The number of benzene rings is 3. The van der Waals surface area contributed by atoms with E-state index in [1.54, 1.807) is 42.9 Å². The molecule has 0 aliphatic rings. The predicted octanol–water partition coefficient (Wildman–Crippen LogP) is 6.51. The second kappa shape index (κ2) is 11.1. The molecule has 0 bridgehead atoms. The zero-order valence-corrected chi connectivity index (χ0v) is 21.2. The molecule has 1 atom stereocenters. The highest BCUT2D eigenvalue weighted by Gasteiger charge is 2.23. The minimum atomic E-state index is -0.570. The van der Waals surface area contributed by atoms with Crippen molar-refractivity contribution in [1.29, 1.82) is 0 Å². The van der Waals surface area contributed by atoms with Crippen LogP contribution in [0.4, 0.5) is 4.39 Å². The van der Waals surface area contributed by atoms with Gasteiger partial charge in [0.25, 0.3) is 5.91 Å². The molecule has 1 heterocycles. The molecule has 10 heteroatoms. The number of amides is 1. The van der Waals surface area contributed by atoms with Crippen LogP contribution < -0.4 is 10.1 Å². The number of hydrogen-bond donors (Lipinski definition) is 1. The molecule has 3 aromatic carbocycles. The largest absolute Gasteiger partial charge is 0.497 e. The summed E-state index contributed by atoms with van der Waals surface area (Å²) in [5, 5.41) is 13.1. The van der Waals surface area contributed by atoms with Crippen LogP contribution >= 0.6 is 35.0 Å². The summed E-state index contributed by atoms with van der Waals surface area (Å²) >= 11 is 14.2. The lowest BCUT2D eigenvalue weighted by Gasteiger charge is -2.17. The number of rotatable bonds is 8. The van der Waals surface area contributed by atoms with E-state index in [1.165, 1.54) is 30.0 Å². The minimum absolute atomic E-state index is 0.205. The second-order valence-electron chi connectivity index (χ2n) is 7.62. The molecular formula is C25H21Cl2FN4O2S. The third kappa shape index (κ3) is 5.96. The standard InChI is InChI=1S/C25H21Cl2FN4O2S/c1-15(29-24(33)17-6-4-7-19(28)12-17)23-30-31-25(32(23)22-13-18(26)9-10-21(22)27)35-14-16-5-3-8-20(11-16)34-2/h3-13,15H,14H2,1-2H3,(H,29,33). The van der Waals surface area contributed by atoms with Gasteiger partial charge < -0.3 is 10.1 Å². The maximum Gasteiger partial charge on any atom is 0.251 e. The third-order valence-electron chi connectivity index (χ3n) is 5.13. The summed E-state index contributed by atoms with van der Waals surface area (Å²) in [5.74, 6) is 0.881. The molecule has 0 aliphatic heterocycles. The van der Waals surface area contributed by atoms with E-state index in [2.05, 4.69) is 15.5 Å². The second-order valence-corrected chi connectivity index (χ2v) is 9.40. The predicted molar refractivity (Wildman–Crippen MR) is 136 cm³/mol. The highest BCUT2D eigenvalue weighted by atomic mass is 35.5. The van der Waals surface area contributed by atoms with Crippen molar-refractivity contribution in [3.63, 3.8) is 0 Å². The fourth-order valence-corrected chi connectivity index (χ4v) is 4.69. The van der Waals surface area contributed by atoms with Gasteiger partial charge in [0.2, 0.25) is 0 Å². The number of nitrogens with zero attached hydrogens (tertiary/aromatic N) is 3. The molecule has 0 saturated carbocycles. The SMILES string of the molecule is COc1cccc(CSc2nnc(C(C)NC(=O)c3cccc(F)c3)n2-c2cc(Cl)ccc2Cl)c1. The summed E-state index contributed by atoms with van der Waals surface area (Å²) in [5.41, 5.74) is 1.82. The molecule has 0 saturated heterocycles.